The zero-order valence-electron chi connectivity index (χ0n) is 11.5. The number of amidine groups is 1. The zero-order chi connectivity index (χ0) is 14.4. The number of hydrogen-bond acceptors (Lipinski definition) is 3. The molecule has 0 saturated carbocycles. The first-order valence-corrected chi connectivity index (χ1v) is 6.96. The highest BCUT2D eigenvalue weighted by molar-refractivity contribution is 6.31. The predicted octanol–water partition coefficient (Wildman–Crippen LogP) is 2.31. The van der Waals surface area contributed by atoms with E-state index in [1.165, 1.54) is 5.56 Å². The number of nitrogens with zero attached hydrogens (tertiary/aromatic N) is 3. The molecule has 6 heteroatoms. The molecule has 5 nitrogen and oxygen atoms in total. The first-order chi connectivity index (χ1) is 9.49. The lowest BCUT2D eigenvalue weighted by atomic mass is 10.1. The molecule has 0 spiro atoms. The van der Waals surface area contributed by atoms with Crippen LogP contribution in [0, 0.1) is 19.3 Å². The van der Waals surface area contributed by atoms with Gasteiger partial charge in [0.15, 0.2) is 5.82 Å². The van der Waals surface area contributed by atoms with Gasteiger partial charge in [-0.05, 0) is 44.7 Å². The van der Waals surface area contributed by atoms with Gasteiger partial charge in [0.05, 0.1) is 22.0 Å². The van der Waals surface area contributed by atoms with Crippen LogP contribution in [0.1, 0.15) is 34.6 Å². The molecule has 0 bridgehead atoms. The predicted molar refractivity (Wildman–Crippen MR) is 78.9 cm³/mol. The van der Waals surface area contributed by atoms with Crippen molar-refractivity contribution in [1.29, 1.82) is 5.41 Å². The highest BCUT2D eigenvalue weighted by Crippen LogP contribution is 2.27. The van der Waals surface area contributed by atoms with Crippen molar-refractivity contribution in [3.8, 4) is 5.82 Å². The van der Waals surface area contributed by atoms with Gasteiger partial charge in [-0.3, -0.25) is 5.41 Å². The summed E-state index contributed by atoms with van der Waals surface area (Å²) < 4.78 is 1.69. The fourth-order valence-electron chi connectivity index (χ4n) is 2.65. The topological polar surface area (TPSA) is 80.6 Å². The number of aryl methyl sites for hydroxylation is 3. The van der Waals surface area contributed by atoms with Crippen LogP contribution in [-0.4, -0.2) is 20.6 Å². The molecule has 0 saturated heterocycles. The molecule has 2 heterocycles. The Morgan fingerprint density at radius 3 is 2.75 bits per heavy atom. The Bertz CT molecular complexity index is 717. The molecule has 20 heavy (non-hydrogen) atoms. The third kappa shape index (κ3) is 1.89. The highest BCUT2D eigenvalue weighted by atomic mass is 35.5. The van der Waals surface area contributed by atoms with E-state index in [-0.39, 0.29) is 5.84 Å². The molecule has 1 aliphatic carbocycles. The monoisotopic (exact) mass is 289 g/mol. The van der Waals surface area contributed by atoms with E-state index in [0.717, 1.165) is 36.3 Å². The third-order valence-corrected chi connectivity index (χ3v) is 4.27. The van der Waals surface area contributed by atoms with Crippen LogP contribution in [0.15, 0.2) is 6.07 Å². The summed E-state index contributed by atoms with van der Waals surface area (Å²) in [7, 11) is 0. The van der Waals surface area contributed by atoms with Crippen LogP contribution < -0.4 is 5.73 Å². The second-order valence-electron chi connectivity index (χ2n) is 5.13. The second kappa shape index (κ2) is 4.59. The van der Waals surface area contributed by atoms with Gasteiger partial charge in [-0.2, -0.15) is 5.10 Å². The van der Waals surface area contributed by atoms with Crippen molar-refractivity contribution < 1.29 is 0 Å². The third-order valence-electron chi connectivity index (χ3n) is 3.72. The Morgan fingerprint density at radius 2 is 2.15 bits per heavy atom. The van der Waals surface area contributed by atoms with Crippen molar-refractivity contribution in [3.05, 3.63) is 39.3 Å². The number of nitrogens with one attached hydrogen (secondary N) is 1. The molecule has 0 amide bonds. The second-order valence-corrected chi connectivity index (χ2v) is 5.51. The summed E-state index contributed by atoms with van der Waals surface area (Å²) in [5.41, 5.74) is 10.2. The SMILES string of the molecule is Cc1nn(-c2nc3c(cc2C(=N)N)CCC3)c(C)c1Cl. The molecule has 0 unspecified atom stereocenters. The molecule has 0 aliphatic heterocycles. The Kier molecular flexibility index (Phi) is 3.01. The van der Waals surface area contributed by atoms with E-state index in [4.69, 9.17) is 22.7 Å². The molecule has 0 fully saturated rings. The Balaban J connectivity index is 2.27. The summed E-state index contributed by atoms with van der Waals surface area (Å²) in [5, 5.41) is 12.8. The lowest BCUT2D eigenvalue weighted by molar-refractivity contribution is 0.794. The van der Waals surface area contributed by atoms with Gasteiger partial charge < -0.3 is 5.73 Å². The number of aromatic nitrogens is 3. The van der Waals surface area contributed by atoms with Gasteiger partial charge in [-0.25, -0.2) is 9.67 Å². The largest absolute Gasteiger partial charge is 0.384 e. The number of pyridine rings is 1. The van der Waals surface area contributed by atoms with Gasteiger partial charge in [0.2, 0.25) is 0 Å². The summed E-state index contributed by atoms with van der Waals surface area (Å²) in [4.78, 5) is 4.68. The number of fused-ring (bicyclic) bond motifs is 1. The molecule has 104 valence electrons. The van der Waals surface area contributed by atoms with Gasteiger partial charge in [0.1, 0.15) is 5.84 Å². The quantitative estimate of drug-likeness (QED) is 0.657. The van der Waals surface area contributed by atoms with Crippen LogP contribution in [0.4, 0.5) is 0 Å². The molecular formula is C14H16ClN5. The van der Waals surface area contributed by atoms with Crippen molar-refractivity contribution in [1.82, 2.24) is 14.8 Å². The molecule has 0 aromatic carbocycles. The maximum absolute atomic E-state index is 7.78. The van der Waals surface area contributed by atoms with Crippen molar-refractivity contribution in [3.63, 3.8) is 0 Å². The zero-order valence-corrected chi connectivity index (χ0v) is 12.3. The van der Waals surface area contributed by atoms with Gasteiger partial charge in [0, 0.05) is 5.69 Å². The van der Waals surface area contributed by atoms with Crippen molar-refractivity contribution in [2.24, 2.45) is 5.73 Å². The van der Waals surface area contributed by atoms with E-state index in [1.807, 2.05) is 19.9 Å². The Morgan fingerprint density at radius 1 is 1.40 bits per heavy atom. The minimum atomic E-state index is 0.00544. The maximum Gasteiger partial charge on any atom is 0.164 e. The standard InChI is InChI=1S/C14H16ClN5/c1-7-12(15)8(2)20(19-7)14-10(13(16)17)6-9-4-3-5-11(9)18-14/h6H,3-5H2,1-2H3,(H3,16,17). The van der Waals surface area contributed by atoms with Crippen LogP contribution in [0.5, 0.6) is 0 Å². The first kappa shape index (κ1) is 13.1. The van der Waals surface area contributed by atoms with Crippen molar-refractivity contribution in [2.75, 3.05) is 0 Å². The molecule has 2 aromatic heterocycles. The fourth-order valence-corrected chi connectivity index (χ4v) is 2.77. The number of hydrogen-bond donors (Lipinski definition) is 2. The highest BCUT2D eigenvalue weighted by Gasteiger charge is 2.21. The molecule has 2 aromatic rings. The molecule has 0 radical (unpaired) electrons. The van der Waals surface area contributed by atoms with Crippen LogP contribution in [0.25, 0.3) is 5.82 Å². The van der Waals surface area contributed by atoms with E-state index in [2.05, 4.69) is 10.1 Å². The van der Waals surface area contributed by atoms with Crippen LogP contribution in [0.2, 0.25) is 5.02 Å². The van der Waals surface area contributed by atoms with E-state index >= 15 is 0 Å². The first-order valence-electron chi connectivity index (χ1n) is 6.58. The summed E-state index contributed by atoms with van der Waals surface area (Å²) >= 11 is 6.20. The molecule has 3 rings (SSSR count). The lowest BCUT2D eigenvalue weighted by Gasteiger charge is -2.12. The summed E-state index contributed by atoms with van der Waals surface area (Å²) in [5.74, 6) is 0.608. The van der Waals surface area contributed by atoms with E-state index < -0.39 is 0 Å². The minimum Gasteiger partial charge on any atom is -0.384 e. The van der Waals surface area contributed by atoms with Crippen LogP contribution in [0.3, 0.4) is 0 Å². The summed E-state index contributed by atoms with van der Waals surface area (Å²) in [6.07, 6.45) is 3.06. The Labute approximate surface area is 122 Å². The maximum atomic E-state index is 7.78. The van der Waals surface area contributed by atoms with Gasteiger partial charge in [-0.1, -0.05) is 11.6 Å². The average Bonchev–Trinajstić information content (AvgIpc) is 2.97. The lowest BCUT2D eigenvalue weighted by Crippen LogP contribution is -2.18. The minimum absolute atomic E-state index is 0.00544. The van der Waals surface area contributed by atoms with E-state index in [9.17, 15) is 0 Å². The molecule has 0 atom stereocenters. The smallest absolute Gasteiger partial charge is 0.164 e. The van der Waals surface area contributed by atoms with Gasteiger partial charge >= 0.3 is 0 Å². The van der Waals surface area contributed by atoms with Crippen molar-refractivity contribution in [2.45, 2.75) is 33.1 Å². The van der Waals surface area contributed by atoms with Crippen LogP contribution in [-0.2, 0) is 12.8 Å². The van der Waals surface area contributed by atoms with Gasteiger partial charge in [0.25, 0.3) is 0 Å². The number of nitrogens with two attached hydrogens (primary N) is 1. The molecular weight excluding hydrogens is 274 g/mol. The van der Waals surface area contributed by atoms with E-state index in [1.54, 1.807) is 4.68 Å². The number of halogens is 1. The summed E-state index contributed by atoms with van der Waals surface area (Å²) in [6, 6.07) is 1.97. The average molecular weight is 290 g/mol. The normalized spacial score (nSPS) is 13.6. The summed E-state index contributed by atoms with van der Waals surface area (Å²) in [6.45, 7) is 3.74. The van der Waals surface area contributed by atoms with Gasteiger partial charge in [-0.15, -0.1) is 0 Å². The molecule has 3 N–H and O–H groups in total. The van der Waals surface area contributed by atoms with Crippen LogP contribution >= 0.6 is 11.6 Å². The Hall–Kier alpha value is -1.88. The number of nitrogen functional groups attached to an aromatic ring is 1. The van der Waals surface area contributed by atoms with Crippen molar-refractivity contribution >= 4 is 17.4 Å². The fraction of sp³-hybridized carbons (Fsp3) is 0.357. The number of rotatable bonds is 2. The van der Waals surface area contributed by atoms with E-state index in [0.29, 0.717) is 16.4 Å². The molecule has 1 aliphatic rings.